The van der Waals surface area contributed by atoms with E-state index in [2.05, 4.69) is 0 Å². The Morgan fingerprint density at radius 3 is 2.45 bits per heavy atom. The number of nitrogens with two attached hydrogens (primary N) is 1. The number of phenols is 1. The number of hydrogen-bond donors (Lipinski definition) is 2. The van der Waals surface area contributed by atoms with Crippen LogP contribution in [0.2, 0.25) is 0 Å². The maximum absolute atomic E-state index is 12.9. The second kappa shape index (κ2) is 7.73. The largest absolute Gasteiger partial charge is 0.508 e. The van der Waals surface area contributed by atoms with Crippen molar-refractivity contribution in [3.63, 3.8) is 0 Å². The van der Waals surface area contributed by atoms with Gasteiger partial charge in [-0.1, -0.05) is 18.2 Å². The number of benzene rings is 2. The highest BCUT2D eigenvalue weighted by Crippen LogP contribution is 2.29. The Hall–Kier alpha value is -3.10. The molecule has 0 bridgehead atoms. The molecular formula is C21H19NO6S. The Bertz CT molecular complexity index is 1180. The number of phenolic OH excluding ortho intramolecular Hbond substituents is 1. The van der Waals surface area contributed by atoms with E-state index in [0.29, 0.717) is 18.4 Å². The summed E-state index contributed by atoms with van der Waals surface area (Å²) in [5, 5.41) is 15.1. The molecule has 0 aromatic heterocycles. The molecule has 1 aliphatic carbocycles. The number of carbonyl (C=O) groups is 3. The predicted octanol–water partition coefficient (Wildman–Crippen LogP) is 2.11. The molecule has 2 aromatic rings. The highest BCUT2D eigenvalue weighted by atomic mass is 32.2. The summed E-state index contributed by atoms with van der Waals surface area (Å²) in [6, 6.07) is 8.72. The SMILES string of the molecule is CC(=O)CCc1cc(O)cc(CC2=CC(=O)c3c(cccc3S(N)(=O)=O)C2=O)c1. The first kappa shape index (κ1) is 20.6. The summed E-state index contributed by atoms with van der Waals surface area (Å²) in [6.07, 6.45) is 1.96. The van der Waals surface area contributed by atoms with Crippen LogP contribution >= 0.6 is 0 Å². The van der Waals surface area contributed by atoms with Crippen molar-refractivity contribution >= 4 is 27.4 Å². The summed E-state index contributed by atoms with van der Waals surface area (Å²) in [5.74, 6) is -1.07. The van der Waals surface area contributed by atoms with Gasteiger partial charge in [0, 0.05) is 24.0 Å². The van der Waals surface area contributed by atoms with Crippen molar-refractivity contribution in [2.24, 2.45) is 5.14 Å². The second-order valence-corrected chi connectivity index (χ2v) is 8.50. The number of aryl methyl sites for hydroxylation is 1. The standard InChI is InChI=1S/C21H19NO6S/c1-12(23)5-6-13-7-14(10-16(24)9-13)8-15-11-18(25)20-17(21(15)26)3-2-4-19(20)29(22,27)28/h2-4,7,9-11,24H,5-6,8H2,1H3,(H2,22,27,28). The van der Waals surface area contributed by atoms with Gasteiger partial charge in [-0.3, -0.25) is 9.59 Å². The number of sulfonamides is 1. The Balaban J connectivity index is 1.95. The van der Waals surface area contributed by atoms with Gasteiger partial charge in [0.25, 0.3) is 0 Å². The lowest BCUT2D eigenvalue weighted by molar-refractivity contribution is -0.116. The zero-order chi connectivity index (χ0) is 21.3. The average Bonchev–Trinajstić information content (AvgIpc) is 2.62. The molecule has 150 valence electrons. The second-order valence-electron chi connectivity index (χ2n) is 6.97. The number of fused-ring (bicyclic) bond motifs is 1. The average molecular weight is 413 g/mol. The number of aromatic hydroxyl groups is 1. The van der Waals surface area contributed by atoms with E-state index in [0.717, 1.165) is 11.6 Å². The fourth-order valence-electron chi connectivity index (χ4n) is 3.34. The predicted molar refractivity (Wildman–Crippen MR) is 105 cm³/mol. The fourth-order valence-corrected chi connectivity index (χ4v) is 4.10. The number of Topliss-reactive ketones (excluding diaryl/α,β-unsaturated/α-hetero) is 2. The number of rotatable bonds is 6. The molecule has 0 unspecified atom stereocenters. The molecule has 0 spiro atoms. The number of ketones is 3. The summed E-state index contributed by atoms with van der Waals surface area (Å²) in [5.41, 5.74) is 1.28. The molecule has 1 aliphatic rings. The molecule has 0 heterocycles. The Kier molecular flexibility index (Phi) is 5.50. The molecule has 0 amide bonds. The van der Waals surface area contributed by atoms with E-state index in [1.165, 1.54) is 31.2 Å². The minimum absolute atomic E-state index is 0.00634. The fraction of sp³-hybridized carbons (Fsp3) is 0.190. The lowest BCUT2D eigenvalue weighted by Gasteiger charge is -2.17. The van der Waals surface area contributed by atoms with E-state index < -0.39 is 21.6 Å². The van der Waals surface area contributed by atoms with Gasteiger partial charge in [-0.2, -0.15) is 0 Å². The molecule has 29 heavy (non-hydrogen) atoms. The first-order chi connectivity index (χ1) is 13.6. The summed E-state index contributed by atoms with van der Waals surface area (Å²) in [7, 11) is -4.16. The number of allylic oxidation sites excluding steroid dienone is 2. The summed E-state index contributed by atoms with van der Waals surface area (Å²) in [6.45, 7) is 1.48. The lowest BCUT2D eigenvalue weighted by atomic mass is 9.86. The molecule has 0 aliphatic heterocycles. The third kappa shape index (κ3) is 4.49. The molecule has 3 rings (SSSR count). The van der Waals surface area contributed by atoms with Crippen molar-refractivity contribution in [2.75, 3.05) is 0 Å². The van der Waals surface area contributed by atoms with E-state index >= 15 is 0 Å². The van der Waals surface area contributed by atoms with E-state index in [-0.39, 0.29) is 39.5 Å². The summed E-state index contributed by atoms with van der Waals surface area (Å²) in [4.78, 5) is 36.3. The van der Waals surface area contributed by atoms with Gasteiger partial charge in [0.05, 0.1) is 10.5 Å². The van der Waals surface area contributed by atoms with Crippen LogP contribution in [0.4, 0.5) is 0 Å². The smallest absolute Gasteiger partial charge is 0.238 e. The highest BCUT2D eigenvalue weighted by Gasteiger charge is 2.30. The van der Waals surface area contributed by atoms with Gasteiger partial charge in [-0.25, -0.2) is 13.6 Å². The van der Waals surface area contributed by atoms with Crippen molar-refractivity contribution < 1.29 is 27.9 Å². The zero-order valence-corrected chi connectivity index (χ0v) is 16.5. The molecule has 8 heteroatoms. The number of carbonyl (C=O) groups excluding carboxylic acids is 3. The number of primary sulfonamides is 1. The van der Waals surface area contributed by atoms with Gasteiger partial charge >= 0.3 is 0 Å². The van der Waals surface area contributed by atoms with E-state index in [1.807, 2.05) is 0 Å². The van der Waals surface area contributed by atoms with Gasteiger partial charge in [-0.05, 0) is 48.7 Å². The first-order valence-electron chi connectivity index (χ1n) is 8.83. The third-order valence-corrected chi connectivity index (χ3v) is 5.57. The van der Waals surface area contributed by atoms with Crippen LogP contribution in [-0.4, -0.2) is 30.9 Å². The van der Waals surface area contributed by atoms with Crippen LogP contribution in [0.25, 0.3) is 0 Å². The van der Waals surface area contributed by atoms with Gasteiger partial charge in [-0.15, -0.1) is 0 Å². The Morgan fingerprint density at radius 2 is 1.79 bits per heavy atom. The van der Waals surface area contributed by atoms with Crippen molar-refractivity contribution in [3.8, 4) is 5.75 Å². The highest BCUT2D eigenvalue weighted by molar-refractivity contribution is 7.89. The summed E-state index contributed by atoms with van der Waals surface area (Å²) < 4.78 is 23.5. The van der Waals surface area contributed by atoms with Crippen LogP contribution in [0.15, 0.2) is 52.9 Å². The first-order valence-corrected chi connectivity index (χ1v) is 10.4. The van der Waals surface area contributed by atoms with Crippen molar-refractivity contribution in [1.29, 1.82) is 0 Å². The number of hydrogen-bond acceptors (Lipinski definition) is 6. The summed E-state index contributed by atoms with van der Waals surface area (Å²) >= 11 is 0. The minimum atomic E-state index is -4.16. The Labute approximate surface area is 167 Å². The molecule has 3 N–H and O–H groups in total. The molecule has 0 saturated carbocycles. The van der Waals surface area contributed by atoms with Crippen LogP contribution in [-0.2, 0) is 27.7 Å². The van der Waals surface area contributed by atoms with Gasteiger partial charge in [0.15, 0.2) is 11.6 Å². The van der Waals surface area contributed by atoms with E-state index in [4.69, 9.17) is 5.14 Å². The minimum Gasteiger partial charge on any atom is -0.508 e. The quantitative estimate of drug-likeness (QED) is 0.745. The molecule has 2 aromatic carbocycles. The van der Waals surface area contributed by atoms with Crippen LogP contribution in [0.3, 0.4) is 0 Å². The normalized spacial score (nSPS) is 13.8. The Morgan fingerprint density at radius 1 is 1.10 bits per heavy atom. The van der Waals surface area contributed by atoms with E-state index in [9.17, 15) is 27.9 Å². The molecule has 7 nitrogen and oxygen atoms in total. The van der Waals surface area contributed by atoms with Crippen molar-refractivity contribution in [2.45, 2.75) is 31.1 Å². The molecule has 0 radical (unpaired) electrons. The van der Waals surface area contributed by atoms with Crippen molar-refractivity contribution in [3.05, 3.63) is 70.3 Å². The van der Waals surface area contributed by atoms with Crippen LogP contribution in [0.1, 0.15) is 45.2 Å². The van der Waals surface area contributed by atoms with Gasteiger partial charge in [0.2, 0.25) is 10.0 Å². The molecule has 0 atom stereocenters. The third-order valence-electron chi connectivity index (χ3n) is 4.62. The lowest BCUT2D eigenvalue weighted by Crippen LogP contribution is -2.23. The molecule has 0 saturated heterocycles. The topological polar surface area (TPSA) is 132 Å². The zero-order valence-electron chi connectivity index (χ0n) is 15.6. The maximum Gasteiger partial charge on any atom is 0.238 e. The van der Waals surface area contributed by atoms with Crippen LogP contribution < -0.4 is 5.14 Å². The van der Waals surface area contributed by atoms with Gasteiger partial charge < -0.3 is 9.90 Å². The van der Waals surface area contributed by atoms with Crippen LogP contribution in [0, 0.1) is 0 Å². The molecular weight excluding hydrogens is 394 g/mol. The monoisotopic (exact) mass is 413 g/mol. The van der Waals surface area contributed by atoms with Crippen molar-refractivity contribution in [1.82, 2.24) is 0 Å². The van der Waals surface area contributed by atoms with E-state index in [1.54, 1.807) is 12.1 Å². The van der Waals surface area contributed by atoms with Gasteiger partial charge in [0.1, 0.15) is 11.5 Å². The maximum atomic E-state index is 12.9. The molecule has 0 fully saturated rings. The van der Waals surface area contributed by atoms with Crippen LogP contribution in [0.5, 0.6) is 5.75 Å².